The Kier molecular flexibility index (Phi) is 6.34. The molecule has 1 saturated heterocycles. The number of rotatable bonds is 6. The second-order valence-electron chi connectivity index (χ2n) is 5.96. The van der Waals surface area contributed by atoms with Gasteiger partial charge in [0.15, 0.2) is 0 Å². The summed E-state index contributed by atoms with van der Waals surface area (Å²) in [5.41, 5.74) is 1.31. The molecule has 0 bridgehead atoms. The lowest BCUT2D eigenvalue weighted by molar-refractivity contribution is 0.158. The van der Waals surface area contributed by atoms with Crippen LogP contribution in [0.25, 0.3) is 0 Å². The van der Waals surface area contributed by atoms with Crippen LogP contribution in [0, 0.1) is 0 Å². The first-order valence-electron chi connectivity index (χ1n) is 7.89. The molecule has 0 amide bonds. The van der Waals surface area contributed by atoms with Gasteiger partial charge in [0.05, 0.1) is 0 Å². The Balaban J connectivity index is 1.66. The van der Waals surface area contributed by atoms with Crippen molar-refractivity contribution in [1.29, 1.82) is 0 Å². The molecule has 2 nitrogen and oxygen atoms in total. The average molecular weight is 295 g/mol. The Morgan fingerprint density at radius 1 is 1.30 bits per heavy atom. The zero-order valence-electron chi connectivity index (χ0n) is 12.7. The average Bonchev–Trinajstić information content (AvgIpc) is 2.46. The van der Waals surface area contributed by atoms with Crippen LogP contribution in [0.3, 0.4) is 0 Å². The molecule has 0 aromatic heterocycles. The minimum Gasteiger partial charge on any atom is -0.310 e. The summed E-state index contributed by atoms with van der Waals surface area (Å²) < 4.78 is 0. The second kappa shape index (κ2) is 8.02. The SMILES string of the molecule is CC(NCCCN1CCCCC1C)c1ccc(Cl)cc1. The zero-order valence-corrected chi connectivity index (χ0v) is 13.5. The molecule has 1 aliphatic heterocycles. The molecule has 1 aliphatic rings. The Morgan fingerprint density at radius 3 is 2.75 bits per heavy atom. The molecule has 20 heavy (non-hydrogen) atoms. The number of piperidine rings is 1. The molecule has 1 N–H and O–H groups in total. The van der Waals surface area contributed by atoms with Gasteiger partial charge in [-0.25, -0.2) is 0 Å². The predicted octanol–water partition coefficient (Wildman–Crippen LogP) is 4.26. The highest BCUT2D eigenvalue weighted by Gasteiger charge is 2.17. The number of hydrogen-bond donors (Lipinski definition) is 1. The van der Waals surface area contributed by atoms with Crippen molar-refractivity contribution in [3.05, 3.63) is 34.9 Å². The lowest BCUT2D eigenvalue weighted by Gasteiger charge is -2.33. The van der Waals surface area contributed by atoms with Crippen LogP contribution in [0.5, 0.6) is 0 Å². The number of benzene rings is 1. The molecule has 112 valence electrons. The Labute approximate surface area is 128 Å². The van der Waals surface area contributed by atoms with Crippen LogP contribution in [0.2, 0.25) is 5.02 Å². The highest BCUT2D eigenvalue weighted by molar-refractivity contribution is 6.30. The summed E-state index contributed by atoms with van der Waals surface area (Å²) in [7, 11) is 0. The quantitative estimate of drug-likeness (QED) is 0.789. The van der Waals surface area contributed by atoms with Crippen molar-refractivity contribution in [2.75, 3.05) is 19.6 Å². The highest BCUT2D eigenvalue weighted by Crippen LogP contribution is 2.17. The zero-order chi connectivity index (χ0) is 14.4. The summed E-state index contributed by atoms with van der Waals surface area (Å²) in [6, 6.07) is 9.30. The summed E-state index contributed by atoms with van der Waals surface area (Å²) in [6.07, 6.45) is 5.37. The lowest BCUT2D eigenvalue weighted by Crippen LogP contribution is -2.39. The van der Waals surface area contributed by atoms with Crippen LogP contribution in [-0.4, -0.2) is 30.6 Å². The van der Waals surface area contributed by atoms with Crippen molar-refractivity contribution in [2.45, 2.75) is 51.6 Å². The standard InChI is InChI=1S/C17H27ClN2/c1-14-6-3-4-12-20(14)13-5-11-19-15(2)16-7-9-17(18)10-8-16/h7-10,14-15,19H,3-6,11-13H2,1-2H3. The molecule has 1 fully saturated rings. The van der Waals surface area contributed by atoms with Crippen molar-refractivity contribution in [1.82, 2.24) is 10.2 Å². The maximum Gasteiger partial charge on any atom is 0.0406 e. The van der Waals surface area contributed by atoms with E-state index >= 15 is 0 Å². The van der Waals surface area contributed by atoms with Crippen molar-refractivity contribution in [2.24, 2.45) is 0 Å². The molecule has 3 heteroatoms. The smallest absolute Gasteiger partial charge is 0.0406 e. The van der Waals surface area contributed by atoms with E-state index in [1.54, 1.807) is 0 Å². The van der Waals surface area contributed by atoms with Gasteiger partial charge in [0, 0.05) is 17.1 Å². The van der Waals surface area contributed by atoms with E-state index in [1.165, 1.54) is 44.3 Å². The summed E-state index contributed by atoms with van der Waals surface area (Å²) >= 11 is 5.92. The molecule has 0 spiro atoms. The largest absolute Gasteiger partial charge is 0.310 e. The first kappa shape index (κ1) is 15.8. The van der Waals surface area contributed by atoms with Gasteiger partial charge >= 0.3 is 0 Å². The topological polar surface area (TPSA) is 15.3 Å². The first-order chi connectivity index (χ1) is 9.66. The van der Waals surface area contributed by atoms with Crippen molar-refractivity contribution >= 4 is 11.6 Å². The van der Waals surface area contributed by atoms with Gasteiger partial charge in [-0.1, -0.05) is 30.2 Å². The monoisotopic (exact) mass is 294 g/mol. The Bertz CT molecular complexity index is 390. The number of hydrogen-bond acceptors (Lipinski definition) is 2. The molecule has 2 rings (SSSR count). The third-order valence-corrected chi connectivity index (χ3v) is 4.64. The lowest BCUT2D eigenvalue weighted by atomic mass is 10.0. The van der Waals surface area contributed by atoms with E-state index in [0.717, 1.165) is 17.6 Å². The van der Waals surface area contributed by atoms with Gasteiger partial charge in [-0.15, -0.1) is 0 Å². The van der Waals surface area contributed by atoms with Gasteiger partial charge < -0.3 is 10.2 Å². The third kappa shape index (κ3) is 4.76. The summed E-state index contributed by atoms with van der Waals surface area (Å²) in [6.45, 7) is 8.16. The molecule has 1 heterocycles. The van der Waals surface area contributed by atoms with E-state index in [1.807, 2.05) is 12.1 Å². The summed E-state index contributed by atoms with van der Waals surface area (Å²) in [5, 5.41) is 4.41. The van der Waals surface area contributed by atoms with Crippen LogP contribution in [0.15, 0.2) is 24.3 Å². The molecular weight excluding hydrogens is 268 g/mol. The van der Waals surface area contributed by atoms with Gasteiger partial charge in [-0.05, 0) is 70.4 Å². The van der Waals surface area contributed by atoms with E-state index in [9.17, 15) is 0 Å². The molecule has 0 saturated carbocycles. The van der Waals surface area contributed by atoms with Gasteiger partial charge in [0.1, 0.15) is 0 Å². The number of halogens is 1. The van der Waals surface area contributed by atoms with E-state index in [4.69, 9.17) is 11.6 Å². The van der Waals surface area contributed by atoms with E-state index in [2.05, 4.69) is 36.2 Å². The van der Waals surface area contributed by atoms with Crippen LogP contribution < -0.4 is 5.32 Å². The molecule has 0 radical (unpaired) electrons. The van der Waals surface area contributed by atoms with Gasteiger partial charge in [-0.3, -0.25) is 0 Å². The fraction of sp³-hybridized carbons (Fsp3) is 0.647. The van der Waals surface area contributed by atoms with Crippen molar-refractivity contribution in [3.63, 3.8) is 0 Å². The summed E-state index contributed by atoms with van der Waals surface area (Å²) in [5.74, 6) is 0. The highest BCUT2D eigenvalue weighted by atomic mass is 35.5. The van der Waals surface area contributed by atoms with Gasteiger partial charge in [-0.2, -0.15) is 0 Å². The number of nitrogens with zero attached hydrogens (tertiary/aromatic N) is 1. The number of likely N-dealkylation sites (tertiary alicyclic amines) is 1. The van der Waals surface area contributed by atoms with Crippen molar-refractivity contribution < 1.29 is 0 Å². The molecule has 1 aromatic rings. The minimum atomic E-state index is 0.394. The van der Waals surface area contributed by atoms with E-state index in [0.29, 0.717) is 6.04 Å². The Morgan fingerprint density at radius 2 is 2.05 bits per heavy atom. The van der Waals surface area contributed by atoms with Crippen LogP contribution in [0.4, 0.5) is 0 Å². The predicted molar refractivity (Wildman–Crippen MR) is 87.4 cm³/mol. The van der Waals surface area contributed by atoms with Crippen LogP contribution >= 0.6 is 11.6 Å². The fourth-order valence-corrected chi connectivity index (χ4v) is 3.09. The van der Waals surface area contributed by atoms with Crippen LogP contribution in [0.1, 0.15) is 51.1 Å². The Hall–Kier alpha value is -0.570. The molecular formula is C17H27ClN2. The van der Waals surface area contributed by atoms with Gasteiger partial charge in [0.2, 0.25) is 0 Å². The van der Waals surface area contributed by atoms with E-state index < -0.39 is 0 Å². The molecule has 0 aliphatic carbocycles. The summed E-state index contributed by atoms with van der Waals surface area (Å²) in [4.78, 5) is 2.64. The van der Waals surface area contributed by atoms with Crippen LogP contribution in [-0.2, 0) is 0 Å². The third-order valence-electron chi connectivity index (χ3n) is 4.38. The van der Waals surface area contributed by atoms with Crippen molar-refractivity contribution in [3.8, 4) is 0 Å². The fourth-order valence-electron chi connectivity index (χ4n) is 2.96. The molecule has 2 atom stereocenters. The molecule has 2 unspecified atom stereocenters. The maximum absolute atomic E-state index is 5.92. The molecule has 1 aromatic carbocycles. The van der Waals surface area contributed by atoms with Gasteiger partial charge in [0.25, 0.3) is 0 Å². The first-order valence-corrected chi connectivity index (χ1v) is 8.27. The number of nitrogens with one attached hydrogen (secondary N) is 1. The minimum absolute atomic E-state index is 0.394. The van der Waals surface area contributed by atoms with E-state index in [-0.39, 0.29) is 0 Å². The normalized spacial score (nSPS) is 21.9. The maximum atomic E-state index is 5.92. The second-order valence-corrected chi connectivity index (χ2v) is 6.40.